The Morgan fingerprint density at radius 3 is 1.69 bits per heavy atom. The van der Waals surface area contributed by atoms with Gasteiger partial charge in [0, 0.05) is 72.9 Å². The lowest BCUT2D eigenvalue weighted by Gasteiger charge is -2.38. The van der Waals surface area contributed by atoms with Gasteiger partial charge in [0.2, 0.25) is 0 Å². The van der Waals surface area contributed by atoms with Crippen molar-refractivity contribution in [3.8, 4) is 0 Å². The van der Waals surface area contributed by atoms with Crippen LogP contribution < -0.4 is 0 Å². The summed E-state index contributed by atoms with van der Waals surface area (Å²) in [6, 6.07) is 11.1. The largest absolute Gasteiger partial charge is 0.355 e. The lowest BCUT2D eigenvalue weighted by Crippen LogP contribution is -2.39. The van der Waals surface area contributed by atoms with Crippen LogP contribution >= 0.6 is 0 Å². The summed E-state index contributed by atoms with van der Waals surface area (Å²) in [7, 11) is 0. The van der Waals surface area contributed by atoms with Gasteiger partial charge in [0.15, 0.2) is 0 Å². The molecule has 0 radical (unpaired) electrons. The van der Waals surface area contributed by atoms with Crippen LogP contribution in [0.2, 0.25) is 0 Å². The lowest BCUT2D eigenvalue weighted by molar-refractivity contribution is -0.117. The molecular weight excluding hydrogens is 480 g/mol. The Hall–Kier alpha value is -3.21. The number of carbonyl (C=O) groups is 1. The zero-order valence-corrected chi connectivity index (χ0v) is 25.6. The van der Waals surface area contributed by atoms with Crippen LogP contribution in [-0.2, 0) is 26.5 Å². The van der Waals surface area contributed by atoms with Crippen LogP contribution in [0.1, 0.15) is 108 Å². The maximum absolute atomic E-state index is 12.1. The summed E-state index contributed by atoms with van der Waals surface area (Å²) in [5.41, 5.74) is 11.3. The molecule has 206 valence electrons. The summed E-state index contributed by atoms with van der Waals surface area (Å²) >= 11 is 0. The van der Waals surface area contributed by atoms with E-state index in [0.717, 1.165) is 51.3 Å². The van der Waals surface area contributed by atoms with E-state index in [1.165, 1.54) is 16.7 Å². The molecule has 5 nitrogen and oxygen atoms in total. The number of aromatic amines is 2. The van der Waals surface area contributed by atoms with Crippen LogP contribution in [0.3, 0.4) is 0 Å². The van der Waals surface area contributed by atoms with Crippen LogP contribution in [0, 0.1) is 20.8 Å². The molecule has 0 fully saturated rings. The summed E-state index contributed by atoms with van der Waals surface area (Å²) in [6.07, 6.45) is 1.28. The minimum Gasteiger partial charge on any atom is -0.355 e. The second-order valence-corrected chi connectivity index (χ2v) is 13.8. The molecule has 1 atom stereocenters. The van der Waals surface area contributed by atoms with Crippen LogP contribution in [0.25, 0.3) is 22.1 Å². The Labute approximate surface area is 232 Å². The number of aromatic nitrogens is 4. The second-order valence-electron chi connectivity index (χ2n) is 13.8. The summed E-state index contributed by atoms with van der Waals surface area (Å²) in [6.45, 7) is 24.2. The van der Waals surface area contributed by atoms with Crippen molar-refractivity contribution in [3.05, 3.63) is 69.8 Å². The molecule has 0 spiro atoms. The van der Waals surface area contributed by atoms with E-state index < -0.39 is 0 Å². The Morgan fingerprint density at radius 1 is 0.667 bits per heavy atom. The van der Waals surface area contributed by atoms with Gasteiger partial charge >= 0.3 is 0 Å². The highest BCUT2D eigenvalue weighted by Gasteiger charge is 2.49. The number of nitrogens with zero attached hydrogens (tertiary/aromatic N) is 2. The molecule has 0 unspecified atom stereocenters. The monoisotopic (exact) mass is 524 g/mol. The maximum Gasteiger partial charge on any atom is 0.129 e. The minimum absolute atomic E-state index is 0.142. The molecule has 3 aromatic rings. The van der Waals surface area contributed by atoms with Gasteiger partial charge in [-0.25, -0.2) is 0 Å². The van der Waals surface area contributed by atoms with E-state index in [1.807, 2.05) is 0 Å². The van der Waals surface area contributed by atoms with E-state index in [1.54, 1.807) is 6.92 Å². The Balaban J connectivity index is 1.93. The summed E-state index contributed by atoms with van der Waals surface area (Å²) in [5.74, 6) is 0.213. The third-order valence-corrected chi connectivity index (χ3v) is 10.7. The highest BCUT2D eigenvalue weighted by molar-refractivity contribution is 5.76. The molecule has 0 aromatic carbocycles. The van der Waals surface area contributed by atoms with Gasteiger partial charge in [-0.05, 0) is 81.1 Å². The van der Waals surface area contributed by atoms with E-state index in [-0.39, 0.29) is 27.4 Å². The van der Waals surface area contributed by atoms with Gasteiger partial charge in [-0.15, -0.1) is 0 Å². The average Bonchev–Trinajstić information content (AvgIpc) is 3.42. The quantitative estimate of drug-likeness (QED) is 0.363. The van der Waals surface area contributed by atoms with Crippen molar-refractivity contribution in [1.82, 2.24) is 19.9 Å². The van der Waals surface area contributed by atoms with Crippen LogP contribution in [-0.4, -0.2) is 25.7 Å². The molecule has 2 N–H and O–H groups in total. The van der Waals surface area contributed by atoms with Crippen LogP contribution in [0.5, 0.6) is 0 Å². The van der Waals surface area contributed by atoms with Gasteiger partial charge < -0.3 is 14.8 Å². The topological polar surface area (TPSA) is 74.4 Å². The van der Waals surface area contributed by atoms with E-state index in [2.05, 4.69) is 110 Å². The van der Waals surface area contributed by atoms with E-state index in [0.29, 0.717) is 6.42 Å². The first-order chi connectivity index (χ1) is 18.0. The SMILES string of the molecule is CC(=O)CC[C@]1(C)c2cc3cc(C)c(cc4nc(cc5[nH]c(cc(n2)C1(C)C)c(C)c5C)C(C)(C)C4(C)C)[nH]3. The molecule has 5 heteroatoms. The first-order valence-electron chi connectivity index (χ1n) is 14.2. The highest BCUT2D eigenvalue weighted by Crippen LogP contribution is 2.50. The van der Waals surface area contributed by atoms with Gasteiger partial charge in [0.05, 0.1) is 0 Å². The third-order valence-electron chi connectivity index (χ3n) is 10.7. The second kappa shape index (κ2) is 8.64. The fraction of sp³-hybridized carbons (Fsp3) is 0.500. The summed E-state index contributed by atoms with van der Waals surface area (Å²) in [4.78, 5) is 30.0. The highest BCUT2D eigenvalue weighted by atomic mass is 16.1. The number of H-pyrrole nitrogens is 2. The number of nitrogens with one attached hydrogen (secondary N) is 2. The first kappa shape index (κ1) is 27.4. The maximum atomic E-state index is 12.1. The van der Waals surface area contributed by atoms with Gasteiger partial charge in [-0.2, -0.15) is 0 Å². The van der Waals surface area contributed by atoms with Gasteiger partial charge in [0.25, 0.3) is 0 Å². The van der Waals surface area contributed by atoms with Crippen LogP contribution in [0.15, 0.2) is 30.3 Å². The predicted octanol–water partition coefficient (Wildman–Crippen LogP) is 8.10. The van der Waals surface area contributed by atoms with Crippen molar-refractivity contribution in [3.63, 3.8) is 0 Å². The zero-order valence-electron chi connectivity index (χ0n) is 25.6. The van der Waals surface area contributed by atoms with Crippen molar-refractivity contribution in [2.24, 2.45) is 0 Å². The number of hydrogen-bond donors (Lipinski definition) is 2. The number of fused-ring (bicyclic) bond motifs is 8. The molecule has 8 bridgehead atoms. The third kappa shape index (κ3) is 3.99. The number of aryl methyl sites for hydroxylation is 3. The number of ketones is 1. The van der Waals surface area contributed by atoms with Crippen molar-refractivity contribution in [2.75, 3.05) is 0 Å². The molecule has 5 rings (SSSR count). The molecule has 0 aliphatic carbocycles. The van der Waals surface area contributed by atoms with Gasteiger partial charge in [-0.3, -0.25) is 9.97 Å². The smallest absolute Gasteiger partial charge is 0.129 e. The van der Waals surface area contributed by atoms with E-state index in [9.17, 15) is 4.79 Å². The summed E-state index contributed by atoms with van der Waals surface area (Å²) < 4.78 is 0. The first-order valence-corrected chi connectivity index (χ1v) is 14.2. The van der Waals surface area contributed by atoms with Crippen molar-refractivity contribution >= 4 is 27.9 Å². The minimum atomic E-state index is -0.295. The fourth-order valence-electron chi connectivity index (χ4n) is 6.15. The normalized spacial score (nSPS) is 21.2. The lowest BCUT2D eigenvalue weighted by atomic mass is 9.63. The van der Waals surface area contributed by atoms with E-state index >= 15 is 0 Å². The van der Waals surface area contributed by atoms with Crippen molar-refractivity contribution in [1.29, 1.82) is 0 Å². The average molecular weight is 525 g/mol. The number of hydrogen-bond acceptors (Lipinski definition) is 3. The molecule has 39 heavy (non-hydrogen) atoms. The standard InChI is InChI=1S/C34H44N4O/c1-19-14-23-15-30-34(11,13-12-20(2)39)33(9,10)29(38-30)18-26-22(4)21(3)25(36-26)17-28-32(7,8)31(5,6)27(37-28)16-24(19)35-23/h14-18,35-36H,12-13H2,1-11H3/t34-/m1/s1. The number of Topliss-reactive ketones (excluding diaryl/α,β-unsaturated/α-hetero) is 1. The zero-order chi connectivity index (χ0) is 28.7. The molecule has 3 aromatic heterocycles. The molecule has 0 amide bonds. The number of rotatable bonds is 3. The Morgan fingerprint density at radius 2 is 1.15 bits per heavy atom. The molecular formula is C34H44N4O. The molecule has 5 heterocycles. The fourth-order valence-corrected chi connectivity index (χ4v) is 6.15. The molecule has 0 saturated heterocycles. The Kier molecular flexibility index (Phi) is 6.06. The van der Waals surface area contributed by atoms with Crippen LogP contribution in [0.4, 0.5) is 0 Å². The molecule has 2 aliphatic heterocycles. The predicted molar refractivity (Wildman–Crippen MR) is 162 cm³/mol. The van der Waals surface area contributed by atoms with Crippen molar-refractivity contribution in [2.45, 2.75) is 111 Å². The Bertz CT molecular complexity index is 1660. The van der Waals surface area contributed by atoms with E-state index in [4.69, 9.17) is 9.97 Å². The van der Waals surface area contributed by atoms with Gasteiger partial charge in [-0.1, -0.05) is 48.5 Å². The molecule has 0 saturated carbocycles. The van der Waals surface area contributed by atoms with Gasteiger partial charge in [0.1, 0.15) is 5.78 Å². The molecule has 2 aliphatic rings. The summed E-state index contributed by atoms with van der Waals surface area (Å²) in [5, 5.41) is 0. The number of carbonyl (C=O) groups excluding carboxylic acids is 1. The van der Waals surface area contributed by atoms with Crippen molar-refractivity contribution < 1.29 is 4.79 Å².